The standard InChI is InChI=1S/C20H27N3O2/c1-22-11-8-18(24)20(14-22)9-5-10-23(15-20)12-17-13-25-19(21-17)16-6-3-2-4-7-16/h2-4,6-7,13,18,24H,5,8-12,14-15H2,1H3/t18-,20-/m0/s1. The van der Waals surface area contributed by atoms with E-state index in [-0.39, 0.29) is 11.5 Å². The summed E-state index contributed by atoms with van der Waals surface area (Å²) in [4.78, 5) is 9.45. The molecule has 134 valence electrons. The third kappa shape index (κ3) is 3.50. The van der Waals surface area contributed by atoms with E-state index >= 15 is 0 Å². The number of hydrogen-bond acceptors (Lipinski definition) is 5. The average molecular weight is 341 g/mol. The zero-order valence-electron chi connectivity index (χ0n) is 14.9. The maximum absolute atomic E-state index is 10.7. The van der Waals surface area contributed by atoms with Gasteiger partial charge in [0.05, 0.1) is 11.8 Å². The van der Waals surface area contributed by atoms with Crippen molar-refractivity contribution >= 4 is 0 Å². The van der Waals surface area contributed by atoms with E-state index in [4.69, 9.17) is 4.42 Å². The summed E-state index contributed by atoms with van der Waals surface area (Å²) in [6.45, 7) is 4.76. The fourth-order valence-electron chi connectivity index (χ4n) is 4.49. The molecule has 1 spiro atoms. The van der Waals surface area contributed by atoms with E-state index in [0.717, 1.165) is 63.2 Å². The number of rotatable bonds is 3. The van der Waals surface area contributed by atoms with E-state index < -0.39 is 0 Å². The topological polar surface area (TPSA) is 52.7 Å². The zero-order valence-corrected chi connectivity index (χ0v) is 14.9. The van der Waals surface area contributed by atoms with Crippen LogP contribution in [0.15, 0.2) is 41.0 Å². The van der Waals surface area contributed by atoms with Crippen LogP contribution in [0.2, 0.25) is 0 Å². The summed E-state index contributed by atoms with van der Waals surface area (Å²) in [5, 5.41) is 10.7. The van der Waals surface area contributed by atoms with Gasteiger partial charge in [-0.15, -0.1) is 0 Å². The van der Waals surface area contributed by atoms with E-state index in [1.807, 2.05) is 30.3 Å². The average Bonchev–Trinajstić information content (AvgIpc) is 3.08. The molecule has 0 bridgehead atoms. The highest BCUT2D eigenvalue weighted by Crippen LogP contribution is 2.38. The second-order valence-corrected chi connectivity index (χ2v) is 7.73. The molecule has 0 aliphatic carbocycles. The third-order valence-corrected chi connectivity index (χ3v) is 5.72. The van der Waals surface area contributed by atoms with Gasteiger partial charge in [0, 0.05) is 37.2 Å². The second-order valence-electron chi connectivity index (χ2n) is 7.73. The molecule has 0 unspecified atom stereocenters. The number of oxazole rings is 1. The Kier molecular flexibility index (Phi) is 4.63. The van der Waals surface area contributed by atoms with Gasteiger partial charge >= 0.3 is 0 Å². The first-order chi connectivity index (χ1) is 12.1. The van der Waals surface area contributed by atoms with Crippen molar-refractivity contribution < 1.29 is 9.52 Å². The normalized spacial score (nSPS) is 28.5. The molecular formula is C20H27N3O2. The summed E-state index contributed by atoms with van der Waals surface area (Å²) in [6, 6.07) is 10.0. The third-order valence-electron chi connectivity index (χ3n) is 5.72. The monoisotopic (exact) mass is 341 g/mol. The van der Waals surface area contributed by atoms with Crippen LogP contribution >= 0.6 is 0 Å². The van der Waals surface area contributed by atoms with Crippen LogP contribution in [0.25, 0.3) is 11.5 Å². The molecule has 1 aromatic heterocycles. The Balaban J connectivity index is 1.45. The van der Waals surface area contributed by atoms with Crippen molar-refractivity contribution in [2.45, 2.75) is 31.9 Å². The van der Waals surface area contributed by atoms with Crippen LogP contribution < -0.4 is 0 Å². The lowest BCUT2D eigenvalue weighted by Crippen LogP contribution is -2.58. The molecule has 4 rings (SSSR count). The Hall–Kier alpha value is -1.69. The van der Waals surface area contributed by atoms with Crippen LogP contribution in [0.4, 0.5) is 0 Å². The predicted molar refractivity (Wildman–Crippen MR) is 97.0 cm³/mol. The van der Waals surface area contributed by atoms with Gasteiger partial charge in [0.15, 0.2) is 0 Å². The van der Waals surface area contributed by atoms with Gasteiger partial charge in [-0.3, -0.25) is 4.90 Å². The summed E-state index contributed by atoms with van der Waals surface area (Å²) in [7, 11) is 2.16. The lowest BCUT2D eigenvalue weighted by atomic mass is 9.71. The number of benzene rings is 1. The summed E-state index contributed by atoms with van der Waals surface area (Å²) < 4.78 is 5.67. The molecule has 2 fully saturated rings. The maximum atomic E-state index is 10.7. The second kappa shape index (κ2) is 6.90. The minimum Gasteiger partial charge on any atom is -0.444 e. The number of aliphatic hydroxyl groups is 1. The van der Waals surface area contributed by atoms with Gasteiger partial charge in [0.2, 0.25) is 5.89 Å². The van der Waals surface area contributed by atoms with E-state index in [1.165, 1.54) is 0 Å². The van der Waals surface area contributed by atoms with Gasteiger partial charge in [0.1, 0.15) is 6.26 Å². The highest BCUT2D eigenvalue weighted by molar-refractivity contribution is 5.52. The molecule has 2 saturated heterocycles. The number of likely N-dealkylation sites (tertiary alicyclic amines) is 2. The van der Waals surface area contributed by atoms with Crippen molar-refractivity contribution in [3.63, 3.8) is 0 Å². The summed E-state index contributed by atoms with van der Waals surface area (Å²) in [6.07, 6.45) is 4.71. The van der Waals surface area contributed by atoms with Crippen molar-refractivity contribution in [3.05, 3.63) is 42.3 Å². The molecule has 1 N–H and O–H groups in total. The van der Waals surface area contributed by atoms with Crippen molar-refractivity contribution in [2.75, 3.05) is 33.2 Å². The van der Waals surface area contributed by atoms with Crippen molar-refractivity contribution in [1.82, 2.24) is 14.8 Å². The fourth-order valence-corrected chi connectivity index (χ4v) is 4.49. The minimum absolute atomic E-state index is 0.0112. The van der Waals surface area contributed by atoms with E-state index in [1.54, 1.807) is 6.26 Å². The smallest absolute Gasteiger partial charge is 0.226 e. The maximum Gasteiger partial charge on any atom is 0.226 e. The number of aliphatic hydroxyl groups excluding tert-OH is 1. The summed E-state index contributed by atoms with van der Waals surface area (Å²) >= 11 is 0. The molecule has 0 amide bonds. The number of nitrogens with zero attached hydrogens (tertiary/aromatic N) is 3. The van der Waals surface area contributed by atoms with Gasteiger partial charge in [-0.05, 0) is 45.0 Å². The number of hydrogen-bond donors (Lipinski definition) is 1. The lowest BCUT2D eigenvalue weighted by Gasteiger charge is -2.50. The highest BCUT2D eigenvalue weighted by atomic mass is 16.3. The van der Waals surface area contributed by atoms with Crippen molar-refractivity contribution in [1.29, 1.82) is 0 Å². The molecule has 2 aromatic rings. The number of piperidine rings is 2. The first-order valence-electron chi connectivity index (χ1n) is 9.23. The Bertz CT molecular complexity index is 702. The van der Waals surface area contributed by atoms with Crippen molar-refractivity contribution in [2.24, 2.45) is 5.41 Å². The largest absolute Gasteiger partial charge is 0.444 e. The summed E-state index contributed by atoms with van der Waals surface area (Å²) in [5.74, 6) is 0.680. The molecule has 5 heteroatoms. The van der Waals surface area contributed by atoms with E-state index in [0.29, 0.717) is 5.89 Å². The molecule has 2 atom stereocenters. The molecule has 0 saturated carbocycles. The molecule has 5 nitrogen and oxygen atoms in total. The van der Waals surface area contributed by atoms with Crippen LogP contribution in [-0.2, 0) is 6.54 Å². The van der Waals surface area contributed by atoms with Crippen molar-refractivity contribution in [3.8, 4) is 11.5 Å². The van der Waals surface area contributed by atoms with Gasteiger partial charge < -0.3 is 14.4 Å². The molecule has 0 radical (unpaired) electrons. The Labute approximate surface area is 149 Å². The first-order valence-corrected chi connectivity index (χ1v) is 9.23. The molecule has 25 heavy (non-hydrogen) atoms. The summed E-state index contributed by atoms with van der Waals surface area (Å²) in [5.41, 5.74) is 1.99. The lowest BCUT2D eigenvalue weighted by molar-refractivity contribution is -0.0809. The Morgan fingerprint density at radius 2 is 2.08 bits per heavy atom. The van der Waals surface area contributed by atoms with Crippen LogP contribution in [0.1, 0.15) is 25.0 Å². The van der Waals surface area contributed by atoms with Gasteiger partial charge in [-0.1, -0.05) is 18.2 Å². The predicted octanol–water partition coefficient (Wildman–Crippen LogP) is 2.62. The van der Waals surface area contributed by atoms with E-state index in [2.05, 4.69) is 21.8 Å². The molecule has 2 aliphatic heterocycles. The molecule has 2 aliphatic rings. The van der Waals surface area contributed by atoms with Gasteiger partial charge in [-0.2, -0.15) is 0 Å². The SMILES string of the molecule is CN1CC[C@H](O)[C@@]2(CCCN(Cc3coc(-c4ccccc4)n3)C2)C1. The number of aromatic nitrogens is 1. The molecule has 1 aromatic carbocycles. The van der Waals surface area contributed by atoms with E-state index in [9.17, 15) is 5.11 Å². The fraction of sp³-hybridized carbons (Fsp3) is 0.550. The first kappa shape index (κ1) is 16.8. The Morgan fingerprint density at radius 1 is 1.24 bits per heavy atom. The minimum atomic E-state index is -0.191. The molecule has 3 heterocycles. The van der Waals surface area contributed by atoms with Gasteiger partial charge in [0.25, 0.3) is 0 Å². The Morgan fingerprint density at radius 3 is 2.92 bits per heavy atom. The van der Waals surface area contributed by atoms with Gasteiger partial charge in [-0.25, -0.2) is 4.98 Å². The quantitative estimate of drug-likeness (QED) is 0.930. The zero-order chi connectivity index (χ0) is 17.3. The highest BCUT2D eigenvalue weighted by Gasteiger charge is 2.44. The van der Waals surface area contributed by atoms with Crippen LogP contribution in [0.5, 0.6) is 0 Å². The molecular weight excluding hydrogens is 314 g/mol. The van der Waals surface area contributed by atoms with Crippen LogP contribution in [0.3, 0.4) is 0 Å². The van der Waals surface area contributed by atoms with Crippen LogP contribution in [0, 0.1) is 5.41 Å². The van der Waals surface area contributed by atoms with Crippen LogP contribution in [-0.4, -0.2) is 59.2 Å².